The number of hydrogen-bond acceptors (Lipinski definition) is 15. The van der Waals surface area contributed by atoms with Gasteiger partial charge >= 0.3 is 5.75 Å². The van der Waals surface area contributed by atoms with E-state index >= 15 is 0 Å². The van der Waals surface area contributed by atoms with Crippen molar-refractivity contribution in [1.82, 2.24) is 9.97 Å². The van der Waals surface area contributed by atoms with Crippen molar-refractivity contribution in [1.29, 1.82) is 0 Å². The number of fused-ring (bicyclic) bond motifs is 1. The van der Waals surface area contributed by atoms with Crippen LogP contribution in [0.2, 0.25) is 0 Å². The third-order valence-corrected chi connectivity index (χ3v) is 6.20. The number of aliphatic carboxylic acids is 1. The fourth-order valence-electron chi connectivity index (χ4n) is 3.12. The molecule has 0 saturated heterocycles. The van der Waals surface area contributed by atoms with Crippen LogP contribution in [-0.4, -0.2) is 49.5 Å². The normalized spacial score (nSPS) is 11.3. The second-order valence-electron chi connectivity index (χ2n) is 7.53. The molecule has 1 radical (unpaired) electrons. The third kappa shape index (κ3) is 8.61. The van der Waals surface area contributed by atoms with Crippen molar-refractivity contribution in [2.24, 2.45) is 20.5 Å². The van der Waals surface area contributed by atoms with E-state index < -0.39 is 32.4 Å². The molecule has 20 heteroatoms. The molecule has 0 aliphatic rings. The van der Waals surface area contributed by atoms with Crippen molar-refractivity contribution in [3.05, 3.63) is 55.1 Å². The number of benzene rings is 2. The van der Waals surface area contributed by atoms with Gasteiger partial charge in [0.1, 0.15) is 28.2 Å². The summed E-state index contributed by atoms with van der Waals surface area (Å²) in [5, 5.41) is 54.1. The minimum Gasteiger partial charge on any atom is -0.591 e. The molecule has 0 atom stereocenters. The van der Waals surface area contributed by atoms with Gasteiger partial charge in [-0.05, 0) is 35.7 Å². The summed E-state index contributed by atoms with van der Waals surface area (Å²) in [6.07, 6.45) is 5.49. The Bertz CT molecular complexity index is 1740. The number of azo groups is 2. The maximum atomic E-state index is 12.2. The number of phenols is 1. The van der Waals surface area contributed by atoms with Gasteiger partial charge in [-0.25, -0.2) is 5.26 Å². The Hall–Kier alpha value is -4.27. The van der Waals surface area contributed by atoms with Crippen molar-refractivity contribution in [2.45, 2.75) is 16.7 Å². The maximum Gasteiger partial charge on any atom is 0.300 e. The average Bonchev–Trinajstić information content (AvgIpc) is 2.91. The van der Waals surface area contributed by atoms with Crippen molar-refractivity contribution in [3.63, 3.8) is 0 Å². The van der Waals surface area contributed by atoms with Gasteiger partial charge in [0.25, 0.3) is 16.1 Å². The SMILES string of the molecule is CC(=O)O.Nc1c(N=Nc2ccncc2[OH2+])c(S(=O)(=O)O)cc2cc(SOOO)c(N=Nc3cccnc3)c(O)c12.[Cu]. The fourth-order valence-corrected chi connectivity index (χ4v) is 4.29. The molecule has 0 unspecified atom stereocenters. The molecule has 2 aromatic carbocycles. The molecular weight excluding hydrogens is 650 g/mol. The number of hydrogen-bond donors (Lipinski definition) is 5. The number of nitrogen functional groups attached to an aromatic ring is 1. The second kappa shape index (κ2) is 15.1. The zero-order valence-corrected chi connectivity index (χ0v) is 23.5. The van der Waals surface area contributed by atoms with Crippen LogP contribution in [0.4, 0.5) is 28.4 Å². The second-order valence-corrected chi connectivity index (χ2v) is 9.66. The summed E-state index contributed by atoms with van der Waals surface area (Å²) in [5.74, 6) is -1.50. The number of anilines is 1. The van der Waals surface area contributed by atoms with Crippen molar-refractivity contribution < 1.29 is 64.8 Å². The smallest absolute Gasteiger partial charge is 0.300 e. The van der Waals surface area contributed by atoms with Gasteiger partial charge in [-0.2, -0.15) is 8.42 Å². The van der Waals surface area contributed by atoms with E-state index in [9.17, 15) is 18.1 Å². The van der Waals surface area contributed by atoms with Gasteiger partial charge in [0.2, 0.25) is 0 Å². The van der Waals surface area contributed by atoms with Crippen LogP contribution in [0.3, 0.4) is 0 Å². The number of nitrogens with two attached hydrogens (primary N) is 1. The molecule has 0 aliphatic carbocycles. The Morgan fingerprint density at radius 1 is 1.07 bits per heavy atom. The summed E-state index contributed by atoms with van der Waals surface area (Å²) in [6.45, 7) is 1.08. The molecule has 0 amide bonds. The molecule has 0 spiro atoms. The van der Waals surface area contributed by atoms with Gasteiger partial charge in [0, 0.05) is 36.4 Å². The van der Waals surface area contributed by atoms with Crippen LogP contribution in [0.5, 0.6) is 11.5 Å². The largest absolute Gasteiger partial charge is 0.591 e. The minimum absolute atomic E-state index is 0. The zero-order valence-electron chi connectivity index (χ0n) is 20.9. The van der Waals surface area contributed by atoms with E-state index in [-0.39, 0.29) is 55.5 Å². The number of aromatic hydroxyl groups is 1. The van der Waals surface area contributed by atoms with E-state index in [0.29, 0.717) is 17.7 Å². The van der Waals surface area contributed by atoms with E-state index in [1.54, 1.807) is 12.1 Å². The first-order chi connectivity index (χ1) is 19.4. The van der Waals surface area contributed by atoms with Crippen LogP contribution in [0.1, 0.15) is 6.92 Å². The molecule has 8 N–H and O–H groups in total. The summed E-state index contributed by atoms with van der Waals surface area (Å²) >= 11 is 0.421. The van der Waals surface area contributed by atoms with E-state index in [4.69, 9.17) is 26.0 Å². The quantitative estimate of drug-likeness (QED) is 0.0243. The predicted molar refractivity (Wildman–Crippen MR) is 144 cm³/mol. The van der Waals surface area contributed by atoms with Gasteiger partial charge < -0.3 is 21.1 Å². The molecule has 0 saturated carbocycles. The Balaban J connectivity index is 0.00000116. The van der Waals surface area contributed by atoms with Crippen molar-refractivity contribution in [3.8, 4) is 11.5 Å². The van der Waals surface area contributed by atoms with Crippen LogP contribution in [0.15, 0.2) is 85.4 Å². The van der Waals surface area contributed by atoms with Crippen LogP contribution in [0, 0.1) is 0 Å². The minimum atomic E-state index is -4.89. The predicted octanol–water partition coefficient (Wildman–Crippen LogP) is 4.95. The van der Waals surface area contributed by atoms with E-state index in [1.807, 2.05) is 0 Å². The number of nitrogens with zero attached hydrogens (tertiary/aromatic N) is 6. The number of phenolic OH excluding ortho intramolecular Hbond substituents is 1. The van der Waals surface area contributed by atoms with Gasteiger partial charge in [-0.3, -0.25) is 19.3 Å². The Morgan fingerprint density at radius 2 is 1.74 bits per heavy atom. The molecular formula is C22H20CuN7O10S2+. The summed E-state index contributed by atoms with van der Waals surface area (Å²) in [6, 6.07) is 6.86. The number of pyridine rings is 2. The Morgan fingerprint density at radius 3 is 2.33 bits per heavy atom. The molecule has 4 rings (SSSR count). The Kier molecular flexibility index (Phi) is 12.2. The number of carboxylic acids is 1. The summed E-state index contributed by atoms with van der Waals surface area (Å²) in [5.41, 5.74) is 5.54. The number of aromatic nitrogens is 2. The number of carbonyl (C=O) groups is 1. The first-order valence-corrected chi connectivity index (χ1v) is 12.9. The zero-order chi connectivity index (χ0) is 30.2. The Labute approximate surface area is 251 Å². The van der Waals surface area contributed by atoms with Gasteiger partial charge in [0.05, 0.1) is 34.2 Å². The van der Waals surface area contributed by atoms with E-state index in [2.05, 4.69) is 39.8 Å². The van der Waals surface area contributed by atoms with Crippen molar-refractivity contribution >= 4 is 67.3 Å². The molecule has 0 fully saturated rings. The molecule has 225 valence electrons. The molecule has 4 aromatic rings. The number of carboxylic acid groups (broad SMARTS) is 1. The molecule has 0 aliphatic heterocycles. The monoisotopic (exact) mass is 669 g/mol. The van der Waals surface area contributed by atoms with Crippen LogP contribution in [0.25, 0.3) is 10.8 Å². The average molecular weight is 670 g/mol. The first-order valence-electron chi connectivity index (χ1n) is 10.8. The summed E-state index contributed by atoms with van der Waals surface area (Å²) in [4.78, 5) is 16.0. The van der Waals surface area contributed by atoms with Gasteiger partial charge in [-0.1, -0.05) is 5.04 Å². The van der Waals surface area contributed by atoms with E-state index in [0.717, 1.165) is 13.0 Å². The molecule has 2 heterocycles. The maximum absolute atomic E-state index is 12.2. The molecule has 0 bridgehead atoms. The van der Waals surface area contributed by atoms with Gasteiger partial charge in [0.15, 0.2) is 11.4 Å². The third-order valence-electron chi connectivity index (χ3n) is 4.71. The van der Waals surface area contributed by atoms with Crippen LogP contribution in [-0.2, 0) is 41.4 Å². The topological polar surface area (TPSA) is 275 Å². The number of rotatable bonds is 8. The molecule has 2 aromatic heterocycles. The fraction of sp³-hybridized carbons (Fsp3) is 0.0455. The molecule has 42 heavy (non-hydrogen) atoms. The van der Waals surface area contributed by atoms with Crippen LogP contribution >= 0.6 is 12.0 Å². The van der Waals surface area contributed by atoms with Crippen molar-refractivity contribution in [2.75, 3.05) is 5.73 Å². The van der Waals surface area contributed by atoms with Gasteiger partial charge in [-0.15, -0.1) is 24.8 Å². The first kappa shape index (κ1) is 33.9. The van der Waals surface area contributed by atoms with Crippen LogP contribution < -0.4 is 5.73 Å². The molecule has 17 nitrogen and oxygen atoms in total. The van der Waals surface area contributed by atoms with E-state index in [1.165, 1.54) is 36.9 Å². The standard InChI is InChI=1S/C20H15N7O8S2.C2H4O2.Cu/c21-17-16-10(7-15(37(31,32)33)19(17)27-25-12-3-5-23-9-13(12)28)6-14(36-35-34-30)18(20(16)29)26-24-11-2-1-4-22-8-11;1-2(3)4;/h1-9,28-30H,21H2,(H,31,32,33);1H3,(H,3,4);/p+1. The summed E-state index contributed by atoms with van der Waals surface area (Å²) in [7, 11) is -4.89. The summed E-state index contributed by atoms with van der Waals surface area (Å²) < 4.78 is 38.6.